The first-order chi connectivity index (χ1) is 17.4. The number of rotatable bonds is 16. The van der Waals surface area contributed by atoms with Gasteiger partial charge in [-0.1, -0.05) is 56.2 Å². The van der Waals surface area contributed by atoms with Gasteiger partial charge in [0.05, 0.1) is 0 Å². The maximum atomic E-state index is 12.0. The second-order valence-electron chi connectivity index (χ2n) is 8.87. The fourth-order valence-corrected chi connectivity index (χ4v) is 3.79. The van der Waals surface area contributed by atoms with Crippen molar-refractivity contribution in [1.29, 1.82) is 0 Å². The van der Waals surface area contributed by atoms with E-state index in [1.54, 1.807) is 0 Å². The van der Waals surface area contributed by atoms with E-state index in [2.05, 4.69) is 48.4 Å². The fraction of sp³-hybridized carbons (Fsp3) is 0.593. The normalized spacial score (nSPS) is 22.3. The van der Waals surface area contributed by atoms with E-state index in [9.17, 15) is 24.6 Å². The van der Waals surface area contributed by atoms with Gasteiger partial charge in [-0.25, -0.2) is 4.79 Å². The largest absolute Gasteiger partial charge is 0.463 e. The summed E-state index contributed by atoms with van der Waals surface area (Å²) in [4.78, 5) is 37.2. The highest BCUT2D eigenvalue weighted by molar-refractivity contribution is 5.69. The van der Waals surface area contributed by atoms with Gasteiger partial charge in [0.2, 0.25) is 0 Å². The van der Waals surface area contributed by atoms with Crippen molar-refractivity contribution in [3.05, 3.63) is 69.6 Å². The van der Waals surface area contributed by atoms with Gasteiger partial charge in [0.15, 0.2) is 6.23 Å². The van der Waals surface area contributed by atoms with Crippen LogP contribution in [0.3, 0.4) is 0 Å². The molecule has 1 aliphatic heterocycles. The van der Waals surface area contributed by atoms with Crippen molar-refractivity contribution in [2.45, 2.75) is 95.7 Å². The summed E-state index contributed by atoms with van der Waals surface area (Å²) in [6.45, 7) is 1.97. The number of aromatic nitrogens is 2. The van der Waals surface area contributed by atoms with Gasteiger partial charge in [-0.2, -0.15) is 0 Å². The van der Waals surface area contributed by atoms with Gasteiger partial charge in [0.25, 0.3) is 5.56 Å². The number of aliphatic hydroxyl groups is 2. The molecule has 0 unspecified atom stereocenters. The van der Waals surface area contributed by atoms with Crippen LogP contribution in [0.4, 0.5) is 0 Å². The van der Waals surface area contributed by atoms with Gasteiger partial charge in [-0.3, -0.25) is 19.1 Å². The monoisotopic (exact) mass is 504 g/mol. The Morgan fingerprint density at radius 2 is 1.64 bits per heavy atom. The summed E-state index contributed by atoms with van der Waals surface area (Å²) in [5.74, 6) is -0.417. The number of ether oxygens (including phenoxy) is 2. The molecule has 0 aromatic carbocycles. The molecule has 1 fully saturated rings. The standard InChI is InChI=1S/C27H40N2O7/c1-2-3-4-5-6-7-8-9-10-11-12-13-14-15-16-17-23(31)35-20-21-24(32)25(33)26(36-21)29-19-18-22(30)28-27(29)34/h6-7,9-10,12-13,18-19,21,24-26,32-33H,2-5,8,11,14-17,20H2,1H3,(H,28,30,34)/b7-6+,10-9+,13-12+/t21-,24-,25-,26-/m1/s1. The number of nitrogens with zero attached hydrogens (tertiary/aromatic N) is 1. The zero-order valence-corrected chi connectivity index (χ0v) is 21.1. The van der Waals surface area contributed by atoms with Crippen LogP contribution in [-0.4, -0.2) is 50.7 Å². The molecule has 2 heterocycles. The van der Waals surface area contributed by atoms with Gasteiger partial charge in [0, 0.05) is 18.7 Å². The van der Waals surface area contributed by atoms with Crippen molar-refractivity contribution in [2.75, 3.05) is 6.61 Å². The van der Waals surface area contributed by atoms with Crippen LogP contribution in [0, 0.1) is 0 Å². The fourth-order valence-electron chi connectivity index (χ4n) is 3.79. The first-order valence-corrected chi connectivity index (χ1v) is 12.9. The van der Waals surface area contributed by atoms with Crippen molar-refractivity contribution < 1.29 is 24.5 Å². The van der Waals surface area contributed by atoms with Crippen molar-refractivity contribution in [2.24, 2.45) is 0 Å². The van der Waals surface area contributed by atoms with Gasteiger partial charge in [-0.15, -0.1) is 0 Å². The van der Waals surface area contributed by atoms with Crippen LogP contribution in [0.2, 0.25) is 0 Å². The van der Waals surface area contributed by atoms with E-state index < -0.39 is 41.8 Å². The summed E-state index contributed by atoms with van der Waals surface area (Å²) in [5, 5.41) is 20.4. The molecule has 0 aliphatic carbocycles. The average molecular weight is 505 g/mol. The molecule has 0 bridgehead atoms. The second-order valence-corrected chi connectivity index (χ2v) is 8.87. The maximum absolute atomic E-state index is 12.0. The Kier molecular flexibility index (Phi) is 13.8. The Hall–Kier alpha value is -2.75. The molecular formula is C27H40N2O7. The van der Waals surface area contributed by atoms with Crippen LogP contribution in [0.5, 0.6) is 0 Å². The van der Waals surface area contributed by atoms with Crippen molar-refractivity contribution in [1.82, 2.24) is 9.55 Å². The molecule has 9 nitrogen and oxygen atoms in total. The summed E-state index contributed by atoms with van der Waals surface area (Å²) in [7, 11) is 0. The number of aliphatic hydroxyl groups excluding tert-OH is 2. The van der Waals surface area contributed by atoms with Crippen LogP contribution >= 0.6 is 0 Å². The van der Waals surface area contributed by atoms with Gasteiger partial charge >= 0.3 is 11.7 Å². The van der Waals surface area contributed by atoms with Crippen LogP contribution in [0.15, 0.2) is 58.3 Å². The zero-order valence-electron chi connectivity index (χ0n) is 21.1. The number of allylic oxidation sites excluding steroid dienone is 6. The first kappa shape index (κ1) is 29.5. The lowest BCUT2D eigenvalue weighted by molar-refractivity contribution is -0.150. The molecule has 1 aromatic heterocycles. The second kappa shape index (κ2) is 16.8. The highest BCUT2D eigenvalue weighted by Crippen LogP contribution is 2.28. The number of aromatic amines is 1. The molecule has 3 N–H and O–H groups in total. The number of nitrogens with one attached hydrogen (secondary N) is 1. The molecule has 1 aromatic rings. The van der Waals surface area contributed by atoms with Crippen LogP contribution in [0.25, 0.3) is 0 Å². The lowest BCUT2D eigenvalue weighted by Crippen LogP contribution is -2.37. The van der Waals surface area contributed by atoms with Crippen LogP contribution < -0.4 is 11.2 Å². The molecule has 2 rings (SSSR count). The Balaban J connectivity index is 1.56. The summed E-state index contributed by atoms with van der Waals surface area (Å²) in [6, 6.07) is 1.11. The molecule has 0 amide bonds. The Morgan fingerprint density at radius 1 is 1.00 bits per heavy atom. The molecular weight excluding hydrogens is 464 g/mol. The quantitative estimate of drug-likeness (QED) is 0.179. The van der Waals surface area contributed by atoms with Gasteiger partial charge < -0.3 is 19.7 Å². The SMILES string of the molecule is CCCCC/C=C/C/C=C/C/C=C/CCCCC(=O)OC[C@H]1O[C@@H](n2ccc(=O)[nH]c2=O)[C@H](O)[C@@H]1O. The van der Waals surface area contributed by atoms with Crippen LogP contribution in [0.1, 0.15) is 77.4 Å². The third kappa shape index (κ3) is 10.5. The van der Waals surface area contributed by atoms with Gasteiger partial charge in [-0.05, 0) is 44.9 Å². The Bertz CT molecular complexity index is 979. The number of H-pyrrole nitrogens is 1. The zero-order chi connectivity index (χ0) is 26.2. The number of hydrogen-bond acceptors (Lipinski definition) is 7. The Labute approximate surface area is 212 Å². The summed E-state index contributed by atoms with van der Waals surface area (Å²) >= 11 is 0. The van der Waals surface area contributed by atoms with Gasteiger partial charge in [0.1, 0.15) is 24.9 Å². The van der Waals surface area contributed by atoms with E-state index in [-0.39, 0.29) is 13.0 Å². The smallest absolute Gasteiger partial charge is 0.330 e. The third-order valence-corrected chi connectivity index (χ3v) is 5.89. The van der Waals surface area contributed by atoms with E-state index in [1.165, 1.54) is 25.5 Å². The summed E-state index contributed by atoms with van der Waals surface area (Å²) in [5.41, 5.74) is -1.36. The number of hydrogen-bond donors (Lipinski definition) is 3. The number of esters is 1. The first-order valence-electron chi connectivity index (χ1n) is 12.9. The molecule has 0 radical (unpaired) electrons. The van der Waals surface area contributed by atoms with Crippen LogP contribution in [-0.2, 0) is 14.3 Å². The minimum Gasteiger partial charge on any atom is -0.463 e. The lowest BCUT2D eigenvalue weighted by Gasteiger charge is -2.16. The van der Waals surface area contributed by atoms with Crippen molar-refractivity contribution >= 4 is 5.97 Å². The highest BCUT2D eigenvalue weighted by Gasteiger charge is 2.44. The van der Waals surface area contributed by atoms with E-state index in [0.717, 1.165) is 42.7 Å². The molecule has 0 spiro atoms. The number of unbranched alkanes of at least 4 members (excludes halogenated alkanes) is 5. The summed E-state index contributed by atoms with van der Waals surface area (Å²) < 4.78 is 11.7. The highest BCUT2D eigenvalue weighted by atomic mass is 16.6. The molecule has 9 heteroatoms. The number of carbonyl (C=O) groups is 1. The summed E-state index contributed by atoms with van der Waals surface area (Å²) in [6.07, 6.45) is 18.7. The molecule has 1 saturated heterocycles. The molecule has 1 aliphatic rings. The molecule has 36 heavy (non-hydrogen) atoms. The van der Waals surface area contributed by atoms with Crippen molar-refractivity contribution in [3.63, 3.8) is 0 Å². The maximum Gasteiger partial charge on any atom is 0.330 e. The predicted octanol–water partition coefficient (Wildman–Crippen LogP) is 3.29. The average Bonchev–Trinajstić information content (AvgIpc) is 3.13. The topological polar surface area (TPSA) is 131 Å². The van der Waals surface area contributed by atoms with E-state index in [1.807, 2.05) is 0 Å². The minimum absolute atomic E-state index is 0.243. The molecule has 0 saturated carbocycles. The van der Waals surface area contributed by atoms with E-state index in [4.69, 9.17) is 9.47 Å². The lowest BCUT2D eigenvalue weighted by atomic mass is 10.1. The predicted molar refractivity (Wildman–Crippen MR) is 137 cm³/mol. The Morgan fingerprint density at radius 3 is 2.28 bits per heavy atom. The molecule has 200 valence electrons. The third-order valence-electron chi connectivity index (χ3n) is 5.89. The van der Waals surface area contributed by atoms with E-state index >= 15 is 0 Å². The molecule has 4 atom stereocenters. The van der Waals surface area contributed by atoms with Crippen molar-refractivity contribution in [3.8, 4) is 0 Å². The number of carbonyl (C=O) groups excluding carboxylic acids is 1. The minimum atomic E-state index is -1.41. The van der Waals surface area contributed by atoms with E-state index in [0.29, 0.717) is 6.42 Å².